The van der Waals surface area contributed by atoms with Gasteiger partial charge in [0.25, 0.3) is 0 Å². The summed E-state index contributed by atoms with van der Waals surface area (Å²) in [7, 11) is 0. The molecule has 0 bridgehead atoms. The molecule has 0 heterocycles. The number of hydrogen-bond donors (Lipinski definition) is 3. The average molecular weight is 313 g/mol. The molecule has 0 fully saturated rings. The SMILES string of the molecule is CC(C)N(CC(N)=O)C(C)C(=O)Nc1ccc(Cl)cc1N. The van der Waals surface area contributed by atoms with Crippen molar-refractivity contribution in [3.63, 3.8) is 0 Å². The van der Waals surface area contributed by atoms with Crippen molar-refractivity contribution in [1.29, 1.82) is 0 Å². The van der Waals surface area contributed by atoms with Crippen molar-refractivity contribution >= 4 is 34.8 Å². The van der Waals surface area contributed by atoms with E-state index in [0.29, 0.717) is 16.4 Å². The van der Waals surface area contributed by atoms with Gasteiger partial charge >= 0.3 is 0 Å². The molecule has 21 heavy (non-hydrogen) atoms. The highest BCUT2D eigenvalue weighted by Crippen LogP contribution is 2.23. The number of rotatable bonds is 6. The number of halogens is 1. The first-order valence-electron chi connectivity index (χ1n) is 6.62. The fraction of sp³-hybridized carbons (Fsp3) is 0.429. The molecule has 0 saturated carbocycles. The van der Waals surface area contributed by atoms with Gasteiger partial charge in [0.1, 0.15) is 0 Å². The average Bonchev–Trinajstić information content (AvgIpc) is 2.37. The number of amides is 2. The number of benzene rings is 1. The maximum absolute atomic E-state index is 12.3. The predicted octanol–water partition coefficient (Wildman–Crippen LogP) is 1.44. The molecule has 116 valence electrons. The first-order chi connectivity index (χ1) is 9.72. The van der Waals surface area contributed by atoms with Crippen molar-refractivity contribution < 1.29 is 9.59 Å². The lowest BCUT2D eigenvalue weighted by Gasteiger charge is -2.30. The Morgan fingerprint density at radius 1 is 1.33 bits per heavy atom. The summed E-state index contributed by atoms with van der Waals surface area (Å²) >= 11 is 5.81. The van der Waals surface area contributed by atoms with Gasteiger partial charge in [0.15, 0.2) is 0 Å². The van der Waals surface area contributed by atoms with Crippen LogP contribution in [-0.2, 0) is 9.59 Å². The third-order valence-corrected chi connectivity index (χ3v) is 3.39. The number of nitrogens with zero attached hydrogens (tertiary/aromatic N) is 1. The van der Waals surface area contributed by atoms with E-state index in [1.165, 1.54) is 0 Å². The number of nitrogen functional groups attached to an aromatic ring is 1. The maximum Gasteiger partial charge on any atom is 0.241 e. The normalized spacial score (nSPS) is 12.5. The van der Waals surface area contributed by atoms with E-state index in [2.05, 4.69) is 5.32 Å². The van der Waals surface area contributed by atoms with Crippen LogP contribution < -0.4 is 16.8 Å². The highest BCUT2D eigenvalue weighted by Gasteiger charge is 2.25. The molecule has 1 atom stereocenters. The lowest BCUT2D eigenvalue weighted by atomic mass is 10.2. The Bertz CT molecular complexity index is 534. The van der Waals surface area contributed by atoms with Gasteiger partial charge in [0, 0.05) is 11.1 Å². The van der Waals surface area contributed by atoms with Crippen molar-refractivity contribution in [3.05, 3.63) is 23.2 Å². The van der Waals surface area contributed by atoms with Gasteiger partial charge in [-0.1, -0.05) is 11.6 Å². The third-order valence-electron chi connectivity index (χ3n) is 3.15. The molecule has 1 rings (SSSR count). The zero-order chi connectivity index (χ0) is 16.2. The quantitative estimate of drug-likeness (QED) is 0.692. The summed E-state index contributed by atoms with van der Waals surface area (Å²) in [5.74, 6) is -0.742. The van der Waals surface area contributed by atoms with Crippen LogP contribution in [0.1, 0.15) is 20.8 Å². The number of nitrogens with two attached hydrogens (primary N) is 2. The van der Waals surface area contributed by atoms with E-state index in [-0.39, 0.29) is 18.5 Å². The molecule has 0 aliphatic rings. The number of carbonyl (C=O) groups is 2. The Hall–Kier alpha value is -1.79. The maximum atomic E-state index is 12.3. The summed E-state index contributed by atoms with van der Waals surface area (Å²) in [6.45, 7) is 5.51. The molecule has 0 radical (unpaired) electrons. The van der Waals surface area contributed by atoms with Crippen LogP contribution in [0.25, 0.3) is 0 Å². The Labute approximate surface area is 129 Å². The number of hydrogen-bond acceptors (Lipinski definition) is 4. The van der Waals surface area contributed by atoms with E-state index in [1.807, 2.05) is 13.8 Å². The monoisotopic (exact) mass is 312 g/mol. The van der Waals surface area contributed by atoms with Crippen molar-refractivity contribution in [2.24, 2.45) is 5.73 Å². The zero-order valence-corrected chi connectivity index (χ0v) is 13.1. The van der Waals surface area contributed by atoms with E-state index >= 15 is 0 Å². The topological polar surface area (TPSA) is 101 Å². The van der Waals surface area contributed by atoms with E-state index in [4.69, 9.17) is 23.1 Å². The van der Waals surface area contributed by atoms with Gasteiger partial charge in [-0.3, -0.25) is 14.5 Å². The molecular weight excluding hydrogens is 292 g/mol. The van der Waals surface area contributed by atoms with E-state index in [9.17, 15) is 9.59 Å². The minimum atomic E-state index is -0.521. The third kappa shape index (κ3) is 4.91. The number of carbonyl (C=O) groups excluding carboxylic acids is 2. The minimum Gasteiger partial charge on any atom is -0.397 e. The molecule has 1 aromatic rings. The van der Waals surface area contributed by atoms with Gasteiger partial charge in [-0.2, -0.15) is 0 Å². The molecule has 0 aliphatic heterocycles. The van der Waals surface area contributed by atoms with Gasteiger partial charge in [-0.05, 0) is 39.0 Å². The van der Waals surface area contributed by atoms with Crippen LogP contribution in [0.15, 0.2) is 18.2 Å². The van der Waals surface area contributed by atoms with Crippen molar-refractivity contribution in [2.45, 2.75) is 32.9 Å². The van der Waals surface area contributed by atoms with E-state index in [0.717, 1.165) is 0 Å². The molecular formula is C14H21ClN4O2. The lowest BCUT2D eigenvalue weighted by Crippen LogP contribution is -2.49. The van der Waals surface area contributed by atoms with Gasteiger partial charge in [0.2, 0.25) is 11.8 Å². The standard InChI is InChI=1S/C14H21ClN4O2/c1-8(2)19(7-13(17)20)9(3)14(21)18-12-5-4-10(15)6-11(12)16/h4-6,8-9H,7,16H2,1-3H3,(H2,17,20)(H,18,21). The van der Waals surface area contributed by atoms with Crippen LogP contribution in [0, 0.1) is 0 Å². The molecule has 0 aromatic heterocycles. The molecule has 1 aromatic carbocycles. The van der Waals surface area contributed by atoms with Gasteiger partial charge < -0.3 is 16.8 Å². The van der Waals surface area contributed by atoms with Crippen LogP contribution in [-0.4, -0.2) is 35.3 Å². The molecule has 0 spiro atoms. The largest absolute Gasteiger partial charge is 0.397 e. The van der Waals surface area contributed by atoms with Crippen molar-refractivity contribution in [3.8, 4) is 0 Å². The van der Waals surface area contributed by atoms with Gasteiger partial charge in [-0.25, -0.2) is 0 Å². The molecule has 0 saturated heterocycles. The number of anilines is 2. The zero-order valence-electron chi connectivity index (χ0n) is 12.4. The fourth-order valence-corrected chi connectivity index (χ4v) is 2.16. The molecule has 6 nitrogen and oxygen atoms in total. The van der Waals surface area contributed by atoms with Gasteiger partial charge in [0.05, 0.1) is 24.0 Å². The summed E-state index contributed by atoms with van der Waals surface area (Å²) in [4.78, 5) is 25.1. The van der Waals surface area contributed by atoms with Gasteiger partial charge in [-0.15, -0.1) is 0 Å². The Kier molecular flexibility index (Phi) is 5.99. The Morgan fingerprint density at radius 3 is 2.43 bits per heavy atom. The molecule has 2 amide bonds. The second-order valence-corrected chi connectivity index (χ2v) is 5.57. The molecule has 0 aliphatic carbocycles. The Morgan fingerprint density at radius 2 is 1.95 bits per heavy atom. The highest BCUT2D eigenvalue weighted by molar-refractivity contribution is 6.31. The van der Waals surface area contributed by atoms with Crippen molar-refractivity contribution in [1.82, 2.24) is 4.90 Å². The molecule has 7 heteroatoms. The lowest BCUT2D eigenvalue weighted by molar-refractivity contribution is -0.124. The van der Waals surface area contributed by atoms with Crippen LogP contribution in [0.2, 0.25) is 5.02 Å². The highest BCUT2D eigenvalue weighted by atomic mass is 35.5. The van der Waals surface area contributed by atoms with Crippen LogP contribution in [0.3, 0.4) is 0 Å². The predicted molar refractivity (Wildman–Crippen MR) is 85.0 cm³/mol. The molecule has 5 N–H and O–H groups in total. The summed E-state index contributed by atoms with van der Waals surface area (Å²) < 4.78 is 0. The van der Waals surface area contributed by atoms with Crippen LogP contribution >= 0.6 is 11.6 Å². The summed E-state index contributed by atoms with van der Waals surface area (Å²) in [5, 5.41) is 3.23. The van der Waals surface area contributed by atoms with E-state index in [1.54, 1.807) is 30.0 Å². The second-order valence-electron chi connectivity index (χ2n) is 5.13. The Balaban J connectivity index is 2.83. The molecule has 1 unspecified atom stereocenters. The fourth-order valence-electron chi connectivity index (χ4n) is 1.98. The van der Waals surface area contributed by atoms with E-state index < -0.39 is 11.9 Å². The first kappa shape index (κ1) is 17.3. The number of primary amides is 1. The van der Waals surface area contributed by atoms with Crippen molar-refractivity contribution in [2.75, 3.05) is 17.6 Å². The minimum absolute atomic E-state index is 0.000754. The summed E-state index contributed by atoms with van der Waals surface area (Å²) in [6.07, 6.45) is 0. The smallest absolute Gasteiger partial charge is 0.241 e. The summed E-state index contributed by atoms with van der Waals surface area (Å²) in [6, 6.07) is 4.32. The second kappa shape index (κ2) is 7.28. The first-order valence-corrected chi connectivity index (χ1v) is 7.00. The van der Waals surface area contributed by atoms with Crippen LogP contribution in [0.4, 0.5) is 11.4 Å². The number of nitrogens with one attached hydrogen (secondary N) is 1. The van der Waals surface area contributed by atoms with Crippen LogP contribution in [0.5, 0.6) is 0 Å². The summed E-state index contributed by atoms with van der Waals surface area (Å²) in [5.41, 5.74) is 11.9.